The Kier molecular flexibility index (Phi) is 4.32. The van der Waals surface area contributed by atoms with E-state index in [0.717, 1.165) is 0 Å². The Bertz CT molecular complexity index is 622. The average molecular weight is 313 g/mol. The first-order valence-corrected chi connectivity index (χ1v) is 6.28. The molecule has 0 bridgehead atoms. The van der Waals surface area contributed by atoms with Crippen molar-refractivity contribution < 1.29 is 14.6 Å². The molecule has 104 valence electrons. The minimum absolute atomic E-state index is 0.0298. The molecular weight excluding hydrogens is 303 g/mol. The van der Waals surface area contributed by atoms with Crippen molar-refractivity contribution in [2.45, 2.75) is 6.61 Å². The lowest BCUT2D eigenvalue weighted by molar-refractivity contribution is 0.0690. The molecule has 1 aromatic carbocycles. The number of ether oxygens (including phenoxy) is 1. The Balaban J connectivity index is 2.11. The van der Waals surface area contributed by atoms with Gasteiger partial charge in [0.05, 0.1) is 10.7 Å². The number of rotatable bonds is 4. The Morgan fingerprint density at radius 3 is 2.65 bits per heavy atom. The summed E-state index contributed by atoms with van der Waals surface area (Å²) in [5, 5.41) is 9.48. The van der Waals surface area contributed by atoms with Crippen LogP contribution in [-0.4, -0.2) is 16.1 Å². The molecule has 7 heteroatoms. The van der Waals surface area contributed by atoms with Crippen LogP contribution in [0.4, 0.5) is 5.69 Å². The monoisotopic (exact) mass is 312 g/mol. The van der Waals surface area contributed by atoms with Crippen LogP contribution >= 0.6 is 23.2 Å². The van der Waals surface area contributed by atoms with Gasteiger partial charge in [-0.2, -0.15) is 0 Å². The van der Waals surface area contributed by atoms with E-state index < -0.39 is 5.97 Å². The first-order valence-electron chi connectivity index (χ1n) is 5.53. The fraction of sp³-hybridized carbons (Fsp3) is 0.0769. The highest BCUT2D eigenvalue weighted by Gasteiger charge is 2.09. The van der Waals surface area contributed by atoms with Crippen LogP contribution in [-0.2, 0) is 6.61 Å². The lowest BCUT2D eigenvalue weighted by atomic mass is 10.2. The minimum atomic E-state index is -1.08. The van der Waals surface area contributed by atoms with Crippen LogP contribution in [0.3, 0.4) is 0 Å². The smallest absolute Gasteiger partial charge is 0.354 e. The number of nitrogen functional groups attached to an aromatic ring is 1. The summed E-state index contributed by atoms with van der Waals surface area (Å²) < 4.78 is 5.51. The zero-order valence-corrected chi connectivity index (χ0v) is 11.6. The number of hydrogen-bond acceptors (Lipinski definition) is 4. The molecule has 0 saturated heterocycles. The van der Waals surface area contributed by atoms with E-state index >= 15 is 0 Å². The maximum Gasteiger partial charge on any atom is 0.354 e. The molecule has 0 aliphatic carbocycles. The van der Waals surface area contributed by atoms with Crippen molar-refractivity contribution in [2.75, 3.05) is 5.73 Å². The highest BCUT2D eigenvalue weighted by atomic mass is 35.5. The summed E-state index contributed by atoms with van der Waals surface area (Å²) in [5.41, 5.74) is 6.76. The summed E-state index contributed by atoms with van der Waals surface area (Å²) in [6.45, 7) is 0.165. The van der Waals surface area contributed by atoms with Crippen LogP contribution in [0.15, 0.2) is 30.5 Å². The van der Waals surface area contributed by atoms with Gasteiger partial charge in [-0.15, -0.1) is 0 Å². The van der Waals surface area contributed by atoms with Crippen LogP contribution < -0.4 is 10.5 Å². The summed E-state index contributed by atoms with van der Waals surface area (Å²) in [7, 11) is 0. The van der Waals surface area contributed by atoms with E-state index in [4.69, 9.17) is 38.8 Å². The molecule has 2 aromatic rings. The molecule has 5 nitrogen and oxygen atoms in total. The maximum atomic E-state index is 10.7. The summed E-state index contributed by atoms with van der Waals surface area (Å²) in [6, 6.07) is 6.07. The molecule has 0 spiro atoms. The first-order chi connectivity index (χ1) is 9.47. The zero-order chi connectivity index (χ0) is 14.7. The van der Waals surface area contributed by atoms with Gasteiger partial charge >= 0.3 is 5.97 Å². The lowest BCUT2D eigenvalue weighted by Crippen LogP contribution is -2.03. The Morgan fingerprint density at radius 2 is 2.10 bits per heavy atom. The molecule has 0 radical (unpaired) electrons. The van der Waals surface area contributed by atoms with Gasteiger partial charge in [0, 0.05) is 16.8 Å². The number of carboxylic acid groups (broad SMARTS) is 1. The standard InChI is InChI=1S/C13H10Cl2N2O3/c14-8-3-9(15)12(10(16)4-8)20-6-7-1-2-11(13(18)19)17-5-7/h1-5H,6,16H2,(H,18,19). The van der Waals surface area contributed by atoms with E-state index in [2.05, 4.69) is 4.98 Å². The molecule has 0 atom stereocenters. The highest BCUT2D eigenvalue weighted by Crippen LogP contribution is 2.34. The van der Waals surface area contributed by atoms with Gasteiger partial charge in [-0.05, 0) is 18.2 Å². The average Bonchev–Trinajstić information content (AvgIpc) is 2.38. The molecule has 0 fully saturated rings. The van der Waals surface area contributed by atoms with Gasteiger partial charge in [-0.3, -0.25) is 0 Å². The fourth-order valence-corrected chi connectivity index (χ4v) is 2.09. The van der Waals surface area contributed by atoms with E-state index in [1.54, 1.807) is 6.07 Å². The summed E-state index contributed by atoms with van der Waals surface area (Å²) >= 11 is 11.8. The van der Waals surface area contributed by atoms with Crippen LogP contribution in [0.1, 0.15) is 16.1 Å². The molecule has 0 amide bonds. The van der Waals surface area contributed by atoms with Crippen LogP contribution in [0.2, 0.25) is 10.0 Å². The van der Waals surface area contributed by atoms with E-state index in [1.165, 1.54) is 24.4 Å². The van der Waals surface area contributed by atoms with Crippen molar-refractivity contribution in [2.24, 2.45) is 0 Å². The third-order valence-electron chi connectivity index (χ3n) is 2.46. The van der Waals surface area contributed by atoms with Crippen molar-refractivity contribution in [1.29, 1.82) is 0 Å². The Hall–Kier alpha value is -1.98. The van der Waals surface area contributed by atoms with Gasteiger partial charge < -0.3 is 15.6 Å². The third-order valence-corrected chi connectivity index (χ3v) is 2.96. The SMILES string of the molecule is Nc1cc(Cl)cc(Cl)c1OCc1ccc(C(=O)O)nc1. The normalized spacial score (nSPS) is 10.3. The molecule has 2 rings (SSSR count). The van der Waals surface area contributed by atoms with Crippen molar-refractivity contribution >= 4 is 34.9 Å². The molecule has 3 N–H and O–H groups in total. The molecule has 0 unspecified atom stereocenters. The number of carboxylic acids is 1. The topological polar surface area (TPSA) is 85.4 Å². The van der Waals surface area contributed by atoms with Crippen molar-refractivity contribution in [3.05, 3.63) is 51.8 Å². The van der Waals surface area contributed by atoms with Crippen molar-refractivity contribution in [3.63, 3.8) is 0 Å². The van der Waals surface area contributed by atoms with E-state index in [9.17, 15) is 4.79 Å². The van der Waals surface area contributed by atoms with Crippen molar-refractivity contribution in [3.8, 4) is 5.75 Å². The summed E-state index contributed by atoms with van der Waals surface area (Å²) in [4.78, 5) is 14.5. The first kappa shape index (κ1) is 14.4. The molecule has 0 aliphatic rings. The number of hydrogen-bond donors (Lipinski definition) is 2. The zero-order valence-electron chi connectivity index (χ0n) is 10.1. The van der Waals surface area contributed by atoms with E-state index in [-0.39, 0.29) is 12.3 Å². The quantitative estimate of drug-likeness (QED) is 0.846. The molecule has 20 heavy (non-hydrogen) atoms. The predicted octanol–water partition coefficient (Wildman–Crippen LogP) is 3.25. The minimum Gasteiger partial charge on any atom is -0.485 e. The number of benzene rings is 1. The molecule has 0 aliphatic heterocycles. The molecule has 0 saturated carbocycles. The number of carbonyl (C=O) groups is 1. The second kappa shape index (κ2) is 5.98. The second-order valence-corrected chi connectivity index (χ2v) is 4.80. The third kappa shape index (κ3) is 3.31. The van der Waals surface area contributed by atoms with Gasteiger partial charge in [-0.25, -0.2) is 9.78 Å². The number of aromatic nitrogens is 1. The molecular formula is C13H10Cl2N2O3. The summed E-state index contributed by atoms with van der Waals surface area (Å²) in [5.74, 6) is -0.749. The molecule has 1 aromatic heterocycles. The Labute approximate surface area is 124 Å². The number of pyridine rings is 1. The fourth-order valence-electron chi connectivity index (χ4n) is 1.52. The number of aromatic carboxylic acids is 1. The maximum absolute atomic E-state index is 10.7. The van der Waals surface area contributed by atoms with Crippen LogP contribution in [0.5, 0.6) is 5.75 Å². The van der Waals surface area contributed by atoms with E-state index in [1.807, 2.05) is 0 Å². The second-order valence-electron chi connectivity index (χ2n) is 3.95. The predicted molar refractivity (Wildman–Crippen MR) is 76.4 cm³/mol. The van der Waals surface area contributed by atoms with Gasteiger partial charge in [0.1, 0.15) is 12.3 Å². The highest BCUT2D eigenvalue weighted by molar-refractivity contribution is 6.36. The Morgan fingerprint density at radius 1 is 1.35 bits per heavy atom. The van der Waals surface area contributed by atoms with Crippen molar-refractivity contribution in [1.82, 2.24) is 4.98 Å². The number of nitrogens with two attached hydrogens (primary N) is 1. The lowest BCUT2D eigenvalue weighted by Gasteiger charge is -2.11. The van der Waals surface area contributed by atoms with Gasteiger partial charge in [0.2, 0.25) is 0 Å². The van der Waals surface area contributed by atoms with Gasteiger partial charge in [0.15, 0.2) is 5.75 Å². The van der Waals surface area contributed by atoms with Gasteiger partial charge in [0.25, 0.3) is 0 Å². The van der Waals surface area contributed by atoms with Gasteiger partial charge in [-0.1, -0.05) is 29.3 Å². The van der Waals surface area contributed by atoms with E-state index in [0.29, 0.717) is 27.0 Å². The number of halogens is 2. The van der Waals surface area contributed by atoms with Crippen LogP contribution in [0, 0.1) is 0 Å². The van der Waals surface area contributed by atoms with Crippen LogP contribution in [0.25, 0.3) is 0 Å². The number of nitrogens with zero attached hydrogens (tertiary/aromatic N) is 1. The summed E-state index contributed by atoms with van der Waals surface area (Å²) in [6.07, 6.45) is 1.42. The largest absolute Gasteiger partial charge is 0.485 e. The number of anilines is 1. The molecule has 1 heterocycles.